The van der Waals surface area contributed by atoms with Crippen molar-refractivity contribution in [2.45, 2.75) is 25.9 Å². The predicted molar refractivity (Wildman–Crippen MR) is 87.2 cm³/mol. The molecule has 0 spiro atoms. The van der Waals surface area contributed by atoms with E-state index in [1.165, 1.54) is 6.42 Å². The minimum absolute atomic E-state index is 0.509. The Morgan fingerprint density at radius 1 is 1.43 bits per heavy atom. The minimum atomic E-state index is 0.509. The average Bonchev–Trinajstić information content (AvgIpc) is 2.87. The van der Waals surface area contributed by atoms with Gasteiger partial charge in [-0.25, -0.2) is 15.8 Å². The Morgan fingerprint density at radius 2 is 2.29 bits per heavy atom. The first-order valence-electron chi connectivity index (χ1n) is 7.30. The number of thiophene rings is 1. The number of hydrogen-bond acceptors (Lipinski definition) is 7. The smallest absolute Gasteiger partial charge is 0.152 e. The van der Waals surface area contributed by atoms with Gasteiger partial charge in [-0.15, -0.1) is 11.3 Å². The largest absolute Gasteiger partial charge is 0.308 e. The number of hydrogen-bond donors (Lipinski definition) is 2. The number of nitrogens with two attached hydrogens (primary N) is 1. The van der Waals surface area contributed by atoms with Gasteiger partial charge in [-0.2, -0.15) is 0 Å². The van der Waals surface area contributed by atoms with Gasteiger partial charge in [0.2, 0.25) is 0 Å². The number of nitrogens with zero attached hydrogens (tertiary/aromatic N) is 4. The fraction of sp³-hybridized carbons (Fsp3) is 0.571. The van der Waals surface area contributed by atoms with E-state index in [1.54, 1.807) is 11.3 Å². The molecule has 0 bridgehead atoms. The number of nitrogens with one attached hydrogen (secondary N) is 1. The molecule has 0 aromatic carbocycles. The first-order chi connectivity index (χ1) is 10.2. The van der Waals surface area contributed by atoms with Gasteiger partial charge in [-0.05, 0) is 38.4 Å². The van der Waals surface area contributed by atoms with Crippen LogP contribution in [0.2, 0.25) is 0 Å². The summed E-state index contributed by atoms with van der Waals surface area (Å²) in [5.41, 5.74) is 2.69. The first kappa shape index (κ1) is 14.6. The minimum Gasteiger partial charge on any atom is -0.308 e. The maximum atomic E-state index is 5.59. The zero-order valence-corrected chi connectivity index (χ0v) is 13.4. The lowest BCUT2D eigenvalue weighted by atomic mass is 10.2. The van der Waals surface area contributed by atoms with Crippen LogP contribution in [0.4, 0.5) is 5.82 Å². The number of likely N-dealkylation sites (N-methyl/N-ethyl adjacent to an activating group) is 1. The van der Waals surface area contributed by atoms with Crippen molar-refractivity contribution in [3.63, 3.8) is 0 Å². The summed E-state index contributed by atoms with van der Waals surface area (Å²) in [6.45, 7) is 6.37. The molecule has 7 heteroatoms. The van der Waals surface area contributed by atoms with Crippen molar-refractivity contribution >= 4 is 27.4 Å². The van der Waals surface area contributed by atoms with E-state index in [0.29, 0.717) is 6.04 Å². The molecule has 1 aliphatic rings. The lowest BCUT2D eigenvalue weighted by Gasteiger charge is -2.27. The second kappa shape index (κ2) is 6.23. The molecular formula is C14H22N6S. The maximum absolute atomic E-state index is 5.59. The van der Waals surface area contributed by atoms with Gasteiger partial charge in [0.1, 0.15) is 10.7 Å². The highest BCUT2D eigenvalue weighted by Crippen LogP contribution is 2.25. The van der Waals surface area contributed by atoms with E-state index in [-0.39, 0.29) is 0 Å². The number of aromatic nitrogens is 2. The van der Waals surface area contributed by atoms with Gasteiger partial charge < -0.3 is 10.3 Å². The molecule has 2 aromatic rings. The molecule has 1 atom stereocenters. The third-order valence-electron chi connectivity index (χ3n) is 4.04. The Kier molecular flexibility index (Phi) is 4.34. The highest BCUT2D eigenvalue weighted by Gasteiger charge is 2.21. The monoisotopic (exact) mass is 306 g/mol. The van der Waals surface area contributed by atoms with E-state index in [4.69, 9.17) is 5.84 Å². The summed E-state index contributed by atoms with van der Waals surface area (Å²) < 4.78 is 0. The normalized spacial score (nSPS) is 21.6. The molecule has 1 fully saturated rings. The highest BCUT2D eigenvalue weighted by molar-refractivity contribution is 7.16. The van der Waals surface area contributed by atoms with Gasteiger partial charge in [0, 0.05) is 19.1 Å². The third-order valence-corrected chi connectivity index (χ3v) is 4.84. The fourth-order valence-corrected chi connectivity index (χ4v) is 3.70. The zero-order valence-electron chi connectivity index (χ0n) is 12.5. The molecule has 1 saturated heterocycles. The summed E-state index contributed by atoms with van der Waals surface area (Å²) in [6, 6.07) is 2.51. The second-order valence-electron chi connectivity index (χ2n) is 5.71. The summed E-state index contributed by atoms with van der Waals surface area (Å²) in [7, 11) is 2.19. The van der Waals surface area contributed by atoms with Gasteiger partial charge in [-0.1, -0.05) is 0 Å². The van der Waals surface area contributed by atoms with Crippen molar-refractivity contribution in [3.8, 4) is 0 Å². The van der Waals surface area contributed by atoms with Gasteiger partial charge in [-0.3, -0.25) is 4.90 Å². The maximum Gasteiger partial charge on any atom is 0.152 e. The van der Waals surface area contributed by atoms with Crippen LogP contribution in [0.1, 0.15) is 19.2 Å². The molecule has 0 amide bonds. The van der Waals surface area contributed by atoms with Crippen molar-refractivity contribution in [3.05, 3.63) is 17.3 Å². The molecule has 0 aliphatic carbocycles. The van der Waals surface area contributed by atoms with Crippen LogP contribution in [0.15, 0.2) is 11.4 Å². The van der Waals surface area contributed by atoms with Crippen LogP contribution >= 0.6 is 11.3 Å². The van der Waals surface area contributed by atoms with Crippen LogP contribution in [0, 0.1) is 0 Å². The molecule has 21 heavy (non-hydrogen) atoms. The Hall–Kier alpha value is -1.28. The van der Waals surface area contributed by atoms with E-state index in [1.807, 2.05) is 11.4 Å². The average molecular weight is 306 g/mol. The quantitative estimate of drug-likeness (QED) is 0.661. The molecule has 2 aromatic heterocycles. The Labute approximate surface area is 128 Å². The van der Waals surface area contributed by atoms with Gasteiger partial charge >= 0.3 is 0 Å². The molecule has 0 radical (unpaired) electrons. The van der Waals surface area contributed by atoms with E-state index in [9.17, 15) is 0 Å². The van der Waals surface area contributed by atoms with Crippen molar-refractivity contribution in [1.29, 1.82) is 0 Å². The van der Waals surface area contributed by atoms with E-state index < -0.39 is 0 Å². The van der Waals surface area contributed by atoms with E-state index in [2.05, 4.69) is 39.2 Å². The third kappa shape index (κ3) is 3.16. The number of nitrogen functional groups attached to an aromatic ring is 1. The fourth-order valence-electron chi connectivity index (χ4n) is 2.92. The van der Waals surface area contributed by atoms with Gasteiger partial charge in [0.05, 0.1) is 11.9 Å². The lowest BCUT2D eigenvalue weighted by Crippen LogP contribution is -2.37. The molecule has 114 valence electrons. The van der Waals surface area contributed by atoms with Crippen LogP contribution in [0.3, 0.4) is 0 Å². The van der Waals surface area contributed by atoms with Crippen molar-refractivity contribution < 1.29 is 0 Å². The summed E-state index contributed by atoms with van der Waals surface area (Å²) in [4.78, 5) is 15.1. The molecule has 1 unspecified atom stereocenters. The Morgan fingerprint density at radius 3 is 3.10 bits per heavy atom. The van der Waals surface area contributed by atoms with Crippen LogP contribution < -0.4 is 11.3 Å². The van der Waals surface area contributed by atoms with Gasteiger partial charge in [0.15, 0.2) is 5.82 Å². The Bertz CT molecular complexity index is 613. The molecular weight excluding hydrogens is 284 g/mol. The van der Waals surface area contributed by atoms with Crippen LogP contribution in [-0.4, -0.2) is 52.5 Å². The zero-order chi connectivity index (χ0) is 14.8. The van der Waals surface area contributed by atoms with Gasteiger partial charge in [0.25, 0.3) is 0 Å². The summed E-state index contributed by atoms with van der Waals surface area (Å²) in [6.07, 6.45) is 1.18. The second-order valence-corrected chi connectivity index (χ2v) is 6.60. The lowest BCUT2D eigenvalue weighted by molar-refractivity contribution is 0.190. The topological polar surface area (TPSA) is 70.3 Å². The van der Waals surface area contributed by atoms with Crippen LogP contribution in [0.5, 0.6) is 0 Å². The SMILES string of the molecule is CC1CN(C)CCCN1Cc1nc(NN)c2ccsc2n1. The molecule has 6 nitrogen and oxygen atoms in total. The molecule has 0 saturated carbocycles. The Balaban J connectivity index is 1.83. The van der Waals surface area contributed by atoms with E-state index in [0.717, 1.165) is 48.0 Å². The predicted octanol–water partition coefficient (Wildman–Crippen LogP) is 1.50. The van der Waals surface area contributed by atoms with Crippen LogP contribution in [-0.2, 0) is 6.54 Å². The number of rotatable bonds is 3. The standard InChI is InChI=1S/C14H22N6S/c1-10-8-19(2)5-3-6-20(10)9-12-16-13(18-15)11-4-7-21-14(11)17-12/h4,7,10H,3,5-6,8-9,15H2,1-2H3,(H,16,17,18). The van der Waals surface area contributed by atoms with E-state index >= 15 is 0 Å². The van der Waals surface area contributed by atoms with Crippen LogP contribution in [0.25, 0.3) is 10.2 Å². The number of anilines is 1. The van der Waals surface area contributed by atoms with Crippen molar-refractivity contribution in [2.75, 3.05) is 32.1 Å². The highest BCUT2D eigenvalue weighted by atomic mass is 32.1. The summed E-state index contributed by atoms with van der Waals surface area (Å²) >= 11 is 1.62. The number of hydrazine groups is 1. The van der Waals surface area contributed by atoms with Crippen molar-refractivity contribution in [1.82, 2.24) is 19.8 Å². The summed E-state index contributed by atoms with van der Waals surface area (Å²) in [5.74, 6) is 7.15. The molecule has 3 rings (SSSR count). The summed E-state index contributed by atoms with van der Waals surface area (Å²) in [5, 5.41) is 3.02. The molecule has 1 aliphatic heterocycles. The van der Waals surface area contributed by atoms with Crippen molar-refractivity contribution in [2.24, 2.45) is 5.84 Å². The molecule has 3 heterocycles. The number of fused-ring (bicyclic) bond motifs is 1. The first-order valence-corrected chi connectivity index (χ1v) is 8.18. The molecule has 3 N–H and O–H groups in total.